The number of hydrogen-bond acceptors (Lipinski definition) is 4. The number of esters is 1. The van der Waals surface area contributed by atoms with E-state index in [0.29, 0.717) is 13.0 Å². The zero-order valence-electron chi connectivity index (χ0n) is 17.6. The molecule has 1 amide bonds. The Labute approximate surface area is 177 Å². The number of unbranched alkanes of at least 4 members (excludes halogenated alkanes) is 3. The number of carbonyl (C=O) groups is 2. The largest absolute Gasteiger partial charge is 0.444 e. The van der Waals surface area contributed by atoms with Crippen LogP contribution in [0.4, 0.5) is 26.7 Å². The zero-order chi connectivity index (χ0) is 23.6. The van der Waals surface area contributed by atoms with Gasteiger partial charge in [-0.05, 0) is 52.9 Å². The van der Waals surface area contributed by atoms with Gasteiger partial charge in [0.15, 0.2) is 0 Å². The van der Waals surface area contributed by atoms with Gasteiger partial charge in [0.05, 0.1) is 0 Å². The minimum atomic E-state index is -2.32. The lowest BCUT2D eigenvalue weighted by Crippen LogP contribution is -2.32. The summed E-state index contributed by atoms with van der Waals surface area (Å²) in [6.07, 6.45) is 5.98. The minimum Gasteiger partial charge on any atom is -0.444 e. The van der Waals surface area contributed by atoms with E-state index in [1.807, 2.05) is 6.08 Å². The summed E-state index contributed by atoms with van der Waals surface area (Å²) in [4.78, 5) is 23.1. The van der Waals surface area contributed by atoms with Crippen LogP contribution in [-0.2, 0) is 9.53 Å². The van der Waals surface area contributed by atoms with Crippen molar-refractivity contribution in [3.8, 4) is 5.75 Å². The van der Waals surface area contributed by atoms with Gasteiger partial charge in [0.25, 0.3) is 0 Å². The molecule has 0 atom stereocenters. The molecule has 0 saturated carbocycles. The molecule has 1 N–H and O–H groups in total. The lowest BCUT2D eigenvalue weighted by atomic mass is 10.2. The Bertz CT molecular complexity index is 777. The van der Waals surface area contributed by atoms with Crippen molar-refractivity contribution in [3.63, 3.8) is 0 Å². The van der Waals surface area contributed by atoms with Gasteiger partial charge >= 0.3 is 12.1 Å². The molecule has 0 saturated heterocycles. The van der Waals surface area contributed by atoms with Crippen molar-refractivity contribution in [1.82, 2.24) is 5.32 Å². The number of hydrogen-bond donors (Lipinski definition) is 1. The van der Waals surface area contributed by atoms with E-state index in [-0.39, 0.29) is 12.8 Å². The maximum absolute atomic E-state index is 13.5. The molecule has 1 aromatic rings. The lowest BCUT2D eigenvalue weighted by molar-refractivity contribution is -0.134. The smallest absolute Gasteiger partial charge is 0.407 e. The molecule has 0 fully saturated rings. The number of rotatable bonds is 10. The number of halogens is 5. The van der Waals surface area contributed by atoms with Crippen molar-refractivity contribution in [3.05, 3.63) is 41.2 Å². The van der Waals surface area contributed by atoms with Gasteiger partial charge in [-0.2, -0.15) is 8.78 Å². The summed E-state index contributed by atoms with van der Waals surface area (Å²) in [6, 6.07) is 0. The highest BCUT2D eigenvalue weighted by Crippen LogP contribution is 2.29. The van der Waals surface area contributed by atoms with Crippen LogP contribution in [0.15, 0.2) is 12.2 Å². The monoisotopic (exact) mass is 451 g/mol. The van der Waals surface area contributed by atoms with E-state index in [4.69, 9.17) is 4.74 Å². The van der Waals surface area contributed by atoms with Crippen LogP contribution in [0.3, 0.4) is 0 Å². The number of nitrogens with one attached hydrogen (secondary N) is 1. The normalized spacial score (nSPS) is 11.6. The fourth-order valence-electron chi connectivity index (χ4n) is 2.33. The van der Waals surface area contributed by atoms with Gasteiger partial charge in [-0.15, -0.1) is 0 Å². The molecule has 0 heterocycles. The first-order valence-corrected chi connectivity index (χ1v) is 9.78. The molecule has 0 aromatic heterocycles. The second kappa shape index (κ2) is 12.3. The Morgan fingerprint density at radius 1 is 0.839 bits per heavy atom. The highest BCUT2D eigenvalue weighted by atomic mass is 19.2. The zero-order valence-corrected chi connectivity index (χ0v) is 17.6. The average molecular weight is 451 g/mol. The molecule has 0 aliphatic carbocycles. The topological polar surface area (TPSA) is 64.6 Å². The number of carbonyl (C=O) groups excluding carboxylic acids is 2. The van der Waals surface area contributed by atoms with Crippen molar-refractivity contribution in [2.45, 2.75) is 64.9 Å². The van der Waals surface area contributed by atoms with E-state index >= 15 is 0 Å². The van der Waals surface area contributed by atoms with Crippen LogP contribution in [0.1, 0.15) is 59.3 Å². The molecule has 0 bridgehead atoms. The Hall–Kier alpha value is -2.65. The van der Waals surface area contributed by atoms with Crippen LogP contribution in [0.2, 0.25) is 0 Å². The number of ether oxygens (including phenoxy) is 2. The molecule has 1 rings (SSSR count). The van der Waals surface area contributed by atoms with Crippen molar-refractivity contribution in [2.24, 2.45) is 0 Å². The number of alkyl carbamates (subject to hydrolysis) is 1. The van der Waals surface area contributed by atoms with E-state index in [1.165, 1.54) is 0 Å². The molecule has 0 radical (unpaired) electrons. The molecule has 0 spiro atoms. The second-order valence-electron chi connectivity index (χ2n) is 7.66. The van der Waals surface area contributed by atoms with Crippen LogP contribution in [-0.4, -0.2) is 24.2 Å². The van der Waals surface area contributed by atoms with E-state index in [9.17, 15) is 31.5 Å². The average Bonchev–Trinajstić information content (AvgIpc) is 2.68. The van der Waals surface area contributed by atoms with Gasteiger partial charge in [-0.25, -0.2) is 18.0 Å². The summed E-state index contributed by atoms with van der Waals surface area (Å²) in [5.74, 6) is -13.8. The third kappa shape index (κ3) is 9.35. The van der Waals surface area contributed by atoms with Gasteiger partial charge in [0.2, 0.25) is 34.8 Å². The molecule has 0 unspecified atom stereocenters. The molecule has 0 aliphatic rings. The van der Waals surface area contributed by atoms with Gasteiger partial charge in [-0.3, -0.25) is 4.79 Å². The van der Waals surface area contributed by atoms with Crippen molar-refractivity contribution in [2.75, 3.05) is 6.54 Å². The van der Waals surface area contributed by atoms with Crippen LogP contribution in [0.5, 0.6) is 5.75 Å². The van der Waals surface area contributed by atoms with E-state index < -0.39 is 52.5 Å². The summed E-state index contributed by atoms with van der Waals surface area (Å²) in [5.41, 5.74) is -0.549. The number of allylic oxidation sites excluding steroid dienone is 2. The SMILES string of the molecule is CC(C)(C)OC(=O)NCCCC/C=C\CCCC(=O)Oc1c(F)c(F)c(F)c(F)c1F. The van der Waals surface area contributed by atoms with Gasteiger partial charge in [0, 0.05) is 13.0 Å². The predicted molar refractivity (Wildman–Crippen MR) is 103 cm³/mol. The summed E-state index contributed by atoms with van der Waals surface area (Å²) < 4.78 is 75.4. The highest BCUT2D eigenvalue weighted by molar-refractivity contribution is 5.72. The fourth-order valence-corrected chi connectivity index (χ4v) is 2.33. The molecule has 31 heavy (non-hydrogen) atoms. The molecule has 10 heteroatoms. The van der Waals surface area contributed by atoms with Crippen LogP contribution in [0, 0.1) is 29.1 Å². The quantitative estimate of drug-likeness (QED) is 0.0942. The second-order valence-corrected chi connectivity index (χ2v) is 7.66. The Kier molecular flexibility index (Phi) is 10.4. The number of amides is 1. The Morgan fingerprint density at radius 3 is 1.90 bits per heavy atom. The predicted octanol–water partition coefficient (Wildman–Crippen LogP) is 5.71. The van der Waals surface area contributed by atoms with Gasteiger partial charge in [-0.1, -0.05) is 12.2 Å². The minimum absolute atomic E-state index is 0.260. The van der Waals surface area contributed by atoms with Crippen LogP contribution >= 0.6 is 0 Å². The Morgan fingerprint density at radius 2 is 1.35 bits per heavy atom. The summed E-state index contributed by atoms with van der Waals surface area (Å²) in [7, 11) is 0. The molecular weight excluding hydrogens is 425 g/mol. The van der Waals surface area contributed by atoms with E-state index in [2.05, 4.69) is 10.1 Å². The first-order chi connectivity index (χ1) is 14.4. The van der Waals surface area contributed by atoms with E-state index in [1.54, 1.807) is 26.8 Å². The molecule has 174 valence electrons. The van der Waals surface area contributed by atoms with Crippen molar-refractivity contribution < 1.29 is 41.0 Å². The fraction of sp³-hybridized carbons (Fsp3) is 0.524. The third-order valence-electron chi connectivity index (χ3n) is 3.77. The summed E-state index contributed by atoms with van der Waals surface area (Å²) in [6.45, 7) is 5.80. The molecular formula is C21H26F5NO4. The van der Waals surface area contributed by atoms with Gasteiger partial charge < -0.3 is 14.8 Å². The lowest BCUT2D eigenvalue weighted by Gasteiger charge is -2.19. The molecule has 1 aromatic carbocycles. The first kappa shape index (κ1) is 26.4. The molecule has 5 nitrogen and oxygen atoms in total. The van der Waals surface area contributed by atoms with Crippen molar-refractivity contribution in [1.29, 1.82) is 0 Å². The third-order valence-corrected chi connectivity index (χ3v) is 3.77. The van der Waals surface area contributed by atoms with E-state index in [0.717, 1.165) is 19.3 Å². The first-order valence-electron chi connectivity index (χ1n) is 9.78. The van der Waals surface area contributed by atoms with Crippen molar-refractivity contribution >= 4 is 12.1 Å². The number of benzene rings is 1. The summed E-state index contributed by atoms with van der Waals surface area (Å²) >= 11 is 0. The maximum Gasteiger partial charge on any atom is 0.407 e. The standard InChI is InChI=1S/C21H26F5NO4/c1-21(2,3)31-20(29)27-12-10-8-6-4-5-7-9-11-13(28)30-19-17(25)15(23)14(22)16(24)18(19)26/h4-5H,6-12H2,1-3H3,(H,27,29)/b5-4-. The van der Waals surface area contributed by atoms with Gasteiger partial charge in [0.1, 0.15) is 5.60 Å². The van der Waals surface area contributed by atoms with Crippen LogP contribution < -0.4 is 10.1 Å². The summed E-state index contributed by atoms with van der Waals surface area (Å²) in [5, 5.41) is 2.64. The maximum atomic E-state index is 13.5. The highest BCUT2D eigenvalue weighted by Gasteiger charge is 2.28. The molecule has 0 aliphatic heterocycles. The Balaban J connectivity index is 2.23. The van der Waals surface area contributed by atoms with Crippen LogP contribution in [0.25, 0.3) is 0 Å².